The molecule has 1 aliphatic carbocycles. The number of para-hydroxylation sites is 1. The lowest BCUT2D eigenvalue weighted by atomic mass is 9.90. The molecule has 4 rings (SSSR count). The number of nitrogens with two attached hydrogens (primary N) is 1. The number of hydrogen-bond donors (Lipinski definition) is 2. The van der Waals surface area contributed by atoms with Crippen molar-refractivity contribution in [3.63, 3.8) is 0 Å². The summed E-state index contributed by atoms with van der Waals surface area (Å²) >= 11 is 6.26. The summed E-state index contributed by atoms with van der Waals surface area (Å²) in [4.78, 5) is 13.1. The number of aromatic nitrogens is 2. The van der Waals surface area contributed by atoms with Crippen molar-refractivity contribution in [3.05, 3.63) is 40.0 Å². The van der Waals surface area contributed by atoms with Crippen molar-refractivity contribution in [1.29, 1.82) is 0 Å². The number of anilines is 2. The van der Waals surface area contributed by atoms with Crippen LogP contribution >= 0.6 is 11.6 Å². The van der Waals surface area contributed by atoms with Crippen LogP contribution in [0.5, 0.6) is 0 Å². The highest BCUT2D eigenvalue weighted by atomic mass is 35.5. The van der Waals surface area contributed by atoms with Gasteiger partial charge in [0, 0.05) is 12.1 Å². The summed E-state index contributed by atoms with van der Waals surface area (Å²) in [7, 11) is 0. The molecular formula is C17H19ClN4O. The fourth-order valence-corrected chi connectivity index (χ4v) is 3.98. The Hall–Kier alpha value is -2.01. The average molecular weight is 331 g/mol. The van der Waals surface area contributed by atoms with Gasteiger partial charge in [-0.25, -0.2) is 4.68 Å². The number of rotatable bonds is 1. The molecule has 120 valence electrons. The Kier molecular flexibility index (Phi) is 3.53. The topological polar surface area (TPSA) is 72.9 Å². The quantitative estimate of drug-likeness (QED) is 0.842. The monoisotopic (exact) mass is 330 g/mol. The van der Waals surface area contributed by atoms with Crippen LogP contribution in [0.4, 0.5) is 11.5 Å². The molecule has 0 bridgehead atoms. The summed E-state index contributed by atoms with van der Waals surface area (Å²) in [5.41, 5.74) is 9.91. The minimum atomic E-state index is -0.227. The molecule has 1 atom stereocenters. The number of hydrogen-bond acceptors (Lipinski definition) is 4. The SMILES string of the molecule is Nc1nn(C(=O)C2CCNc3c(Cl)cccc32)c2c1CCCC2. The largest absolute Gasteiger partial charge is 0.384 e. The van der Waals surface area contributed by atoms with Gasteiger partial charge in [-0.2, -0.15) is 0 Å². The van der Waals surface area contributed by atoms with Gasteiger partial charge in [-0.1, -0.05) is 23.7 Å². The Labute approximate surface area is 139 Å². The second-order valence-electron chi connectivity index (χ2n) is 6.24. The smallest absolute Gasteiger partial charge is 0.254 e. The first-order chi connectivity index (χ1) is 11.2. The molecule has 2 aliphatic rings. The molecule has 0 amide bonds. The van der Waals surface area contributed by atoms with E-state index in [0.29, 0.717) is 10.8 Å². The first-order valence-electron chi connectivity index (χ1n) is 8.09. The fraction of sp³-hybridized carbons (Fsp3) is 0.412. The Morgan fingerprint density at radius 3 is 3.04 bits per heavy atom. The van der Waals surface area contributed by atoms with E-state index in [1.807, 2.05) is 18.2 Å². The lowest BCUT2D eigenvalue weighted by Crippen LogP contribution is -2.29. The van der Waals surface area contributed by atoms with E-state index in [-0.39, 0.29) is 11.8 Å². The first-order valence-corrected chi connectivity index (χ1v) is 8.47. The molecule has 0 saturated carbocycles. The van der Waals surface area contributed by atoms with Gasteiger partial charge >= 0.3 is 0 Å². The van der Waals surface area contributed by atoms with E-state index in [2.05, 4.69) is 10.4 Å². The van der Waals surface area contributed by atoms with Gasteiger partial charge < -0.3 is 11.1 Å². The van der Waals surface area contributed by atoms with E-state index in [0.717, 1.165) is 61.2 Å². The van der Waals surface area contributed by atoms with Gasteiger partial charge in [0.25, 0.3) is 5.91 Å². The Balaban J connectivity index is 1.76. The number of carbonyl (C=O) groups excluding carboxylic acids is 1. The molecule has 23 heavy (non-hydrogen) atoms. The highest BCUT2D eigenvalue weighted by molar-refractivity contribution is 6.33. The van der Waals surface area contributed by atoms with E-state index in [1.165, 1.54) is 0 Å². The van der Waals surface area contributed by atoms with Crippen molar-refractivity contribution in [2.45, 2.75) is 38.0 Å². The van der Waals surface area contributed by atoms with Crippen molar-refractivity contribution >= 4 is 29.0 Å². The Morgan fingerprint density at radius 2 is 2.17 bits per heavy atom. The standard InChI is InChI=1S/C17H19ClN4O/c18-13-6-3-5-10-11(8-9-20-15(10)13)17(23)22-14-7-2-1-4-12(14)16(19)21-22/h3,5-6,11,20H,1-2,4,7-9H2,(H2,19,21). The number of benzene rings is 1. The molecule has 3 N–H and O–H groups in total. The van der Waals surface area contributed by atoms with Crippen molar-refractivity contribution in [2.24, 2.45) is 0 Å². The third kappa shape index (κ3) is 2.30. The average Bonchev–Trinajstić information content (AvgIpc) is 2.92. The molecule has 2 heterocycles. The van der Waals surface area contributed by atoms with E-state index >= 15 is 0 Å². The number of carbonyl (C=O) groups is 1. The summed E-state index contributed by atoms with van der Waals surface area (Å²) in [5.74, 6) is 0.286. The number of nitrogen functional groups attached to an aromatic ring is 1. The van der Waals surface area contributed by atoms with Gasteiger partial charge in [0.2, 0.25) is 0 Å². The number of fused-ring (bicyclic) bond motifs is 2. The number of nitrogens with zero attached hydrogens (tertiary/aromatic N) is 2. The lowest BCUT2D eigenvalue weighted by Gasteiger charge is -2.27. The molecule has 2 aromatic rings. The first kappa shape index (κ1) is 14.6. The van der Waals surface area contributed by atoms with Crippen molar-refractivity contribution < 1.29 is 4.79 Å². The summed E-state index contributed by atoms with van der Waals surface area (Å²) < 4.78 is 1.56. The second-order valence-corrected chi connectivity index (χ2v) is 6.65. The molecule has 0 radical (unpaired) electrons. The maximum absolute atomic E-state index is 13.1. The van der Waals surface area contributed by atoms with E-state index in [1.54, 1.807) is 4.68 Å². The molecule has 6 heteroatoms. The summed E-state index contributed by atoms with van der Waals surface area (Å²) in [6.45, 7) is 0.728. The van der Waals surface area contributed by atoms with Gasteiger partial charge in [-0.3, -0.25) is 4.79 Å². The second kappa shape index (κ2) is 5.57. The van der Waals surface area contributed by atoms with Crippen molar-refractivity contribution in [3.8, 4) is 0 Å². The van der Waals surface area contributed by atoms with E-state index in [9.17, 15) is 4.79 Å². The van der Waals surface area contributed by atoms with Crippen molar-refractivity contribution in [2.75, 3.05) is 17.6 Å². The minimum absolute atomic E-state index is 0.00451. The van der Waals surface area contributed by atoms with Crippen LogP contribution in [0, 0.1) is 0 Å². The van der Waals surface area contributed by atoms with Crippen LogP contribution in [0.15, 0.2) is 18.2 Å². The maximum Gasteiger partial charge on any atom is 0.254 e. The predicted octanol–water partition coefficient (Wildman–Crippen LogP) is 3.24. The Bertz CT molecular complexity index is 783. The zero-order valence-corrected chi connectivity index (χ0v) is 13.6. The molecule has 1 unspecified atom stereocenters. The molecule has 1 aromatic carbocycles. The lowest BCUT2D eigenvalue weighted by molar-refractivity contribution is 0.0852. The van der Waals surface area contributed by atoms with Crippen LogP contribution in [0.1, 0.15) is 46.8 Å². The van der Waals surface area contributed by atoms with Crippen LogP contribution in [-0.2, 0) is 12.8 Å². The van der Waals surface area contributed by atoms with E-state index in [4.69, 9.17) is 17.3 Å². The van der Waals surface area contributed by atoms with Gasteiger partial charge in [0.15, 0.2) is 0 Å². The molecule has 0 spiro atoms. The molecule has 5 nitrogen and oxygen atoms in total. The van der Waals surface area contributed by atoms with E-state index < -0.39 is 0 Å². The highest BCUT2D eigenvalue weighted by Crippen LogP contribution is 2.38. The molecule has 0 fully saturated rings. The number of nitrogens with one attached hydrogen (secondary N) is 1. The zero-order valence-electron chi connectivity index (χ0n) is 12.8. The van der Waals surface area contributed by atoms with Gasteiger partial charge in [-0.15, -0.1) is 5.10 Å². The fourth-order valence-electron chi connectivity index (χ4n) is 3.73. The molecule has 0 saturated heterocycles. The van der Waals surface area contributed by atoms with Crippen molar-refractivity contribution in [1.82, 2.24) is 9.78 Å². The minimum Gasteiger partial charge on any atom is -0.384 e. The third-order valence-electron chi connectivity index (χ3n) is 4.87. The van der Waals surface area contributed by atoms with Crippen LogP contribution in [0.25, 0.3) is 0 Å². The number of halogens is 1. The summed E-state index contributed by atoms with van der Waals surface area (Å²) in [5, 5.41) is 8.31. The van der Waals surface area contributed by atoms with Crippen LogP contribution in [-0.4, -0.2) is 22.2 Å². The molecule has 1 aromatic heterocycles. The summed E-state index contributed by atoms with van der Waals surface area (Å²) in [6.07, 6.45) is 4.73. The van der Waals surface area contributed by atoms with Crippen LogP contribution in [0.2, 0.25) is 5.02 Å². The Morgan fingerprint density at radius 1 is 1.35 bits per heavy atom. The predicted molar refractivity (Wildman–Crippen MR) is 91.2 cm³/mol. The van der Waals surface area contributed by atoms with Gasteiger partial charge in [-0.05, 0) is 43.7 Å². The van der Waals surface area contributed by atoms with Gasteiger partial charge in [0.05, 0.1) is 22.3 Å². The normalized spacial score (nSPS) is 19.6. The van der Waals surface area contributed by atoms with Crippen LogP contribution in [0.3, 0.4) is 0 Å². The third-order valence-corrected chi connectivity index (χ3v) is 5.19. The zero-order chi connectivity index (χ0) is 16.0. The van der Waals surface area contributed by atoms with Crippen LogP contribution < -0.4 is 11.1 Å². The molecule has 1 aliphatic heterocycles. The highest BCUT2D eigenvalue weighted by Gasteiger charge is 2.32. The maximum atomic E-state index is 13.1. The molecular weight excluding hydrogens is 312 g/mol. The van der Waals surface area contributed by atoms with Gasteiger partial charge in [0.1, 0.15) is 5.82 Å². The summed E-state index contributed by atoms with van der Waals surface area (Å²) in [6, 6.07) is 5.70.